The Morgan fingerprint density at radius 1 is 0.653 bits per heavy atom. The quantitative estimate of drug-likeness (QED) is 0.0852. The maximum atomic E-state index is 12.8. The Morgan fingerprint density at radius 3 is 1.49 bits per heavy atom. The SMILES string of the molecule is COc1ccccc1C(=O)Cl.COc1ccccc1C(=O)Nc1cc(C(F)(F)F)ccc1C(=O)O.Nc1cc(C(F)(F)F)ccc1C(=O)O. The van der Waals surface area contributed by atoms with Crippen molar-refractivity contribution in [1.82, 2.24) is 0 Å². The number of nitrogens with one attached hydrogen (secondary N) is 1. The zero-order valence-corrected chi connectivity index (χ0v) is 25.9. The van der Waals surface area contributed by atoms with E-state index >= 15 is 0 Å². The number of ether oxygens (including phenoxy) is 2. The number of carbonyl (C=O) groups is 4. The van der Waals surface area contributed by atoms with Crippen LogP contribution in [0.15, 0.2) is 84.9 Å². The number of hydrogen-bond donors (Lipinski definition) is 4. The average Bonchev–Trinajstić information content (AvgIpc) is 3.04. The number of carboxylic acid groups (broad SMARTS) is 2. The average molecular weight is 715 g/mol. The van der Waals surface area contributed by atoms with Crippen LogP contribution in [0.1, 0.15) is 52.6 Å². The number of halogens is 7. The Hall–Kier alpha value is -5.77. The van der Waals surface area contributed by atoms with Gasteiger partial charge in [-0.15, -0.1) is 0 Å². The fourth-order valence-corrected chi connectivity index (χ4v) is 3.93. The largest absolute Gasteiger partial charge is 0.496 e. The highest BCUT2D eigenvalue weighted by Crippen LogP contribution is 2.33. The molecule has 4 rings (SSSR count). The van der Waals surface area contributed by atoms with Crippen molar-refractivity contribution in [2.24, 2.45) is 0 Å². The Labute approximate surface area is 278 Å². The third-order valence-electron chi connectivity index (χ3n) is 6.11. The first-order chi connectivity index (χ1) is 22.8. The molecule has 4 aromatic rings. The van der Waals surface area contributed by atoms with Crippen molar-refractivity contribution in [3.05, 3.63) is 118 Å². The van der Waals surface area contributed by atoms with E-state index in [1.54, 1.807) is 36.4 Å². The molecule has 4 aromatic carbocycles. The van der Waals surface area contributed by atoms with Crippen molar-refractivity contribution in [3.63, 3.8) is 0 Å². The van der Waals surface area contributed by atoms with Crippen LogP contribution in [0.4, 0.5) is 37.7 Å². The molecule has 1 amide bonds. The molecule has 260 valence electrons. The van der Waals surface area contributed by atoms with Crippen molar-refractivity contribution in [2.75, 3.05) is 25.3 Å². The van der Waals surface area contributed by atoms with Gasteiger partial charge in [0.25, 0.3) is 11.1 Å². The Morgan fingerprint density at radius 2 is 1.08 bits per heavy atom. The molecule has 0 aliphatic heterocycles. The molecule has 0 atom stereocenters. The lowest BCUT2D eigenvalue weighted by Gasteiger charge is -2.13. The maximum absolute atomic E-state index is 12.8. The van der Waals surface area contributed by atoms with E-state index < -0.39 is 63.5 Å². The number of carboxylic acids is 2. The predicted octanol–water partition coefficient (Wildman–Crippen LogP) is 7.72. The molecule has 5 N–H and O–H groups in total. The van der Waals surface area contributed by atoms with Gasteiger partial charge in [-0.3, -0.25) is 9.59 Å². The first-order valence-electron chi connectivity index (χ1n) is 13.2. The van der Waals surface area contributed by atoms with Crippen LogP contribution in [0.3, 0.4) is 0 Å². The molecular formula is C32H25ClF6N2O8. The van der Waals surface area contributed by atoms with E-state index in [1.807, 2.05) is 0 Å². The number of para-hydroxylation sites is 2. The second-order valence-electron chi connectivity index (χ2n) is 9.30. The van der Waals surface area contributed by atoms with E-state index in [9.17, 15) is 45.5 Å². The maximum Gasteiger partial charge on any atom is 0.416 e. The van der Waals surface area contributed by atoms with Crippen LogP contribution in [0.25, 0.3) is 0 Å². The van der Waals surface area contributed by atoms with Crippen LogP contribution in [0, 0.1) is 0 Å². The summed E-state index contributed by atoms with van der Waals surface area (Å²) < 4.78 is 84.6. The lowest BCUT2D eigenvalue weighted by Crippen LogP contribution is -2.17. The van der Waals surface area contributed by atoms with E-state index in [1.165, 1.54) is 26.4 Å². The minimum absolute atomic E-state index is 0.0637. The highest BCUT2D eigenvalue weighted by molar-refractivity contribution is 6.68. The highest BCUT2D eigenvalue weighted by Gasteiger charge is 2.32. The second-order valence-corrected chi connectivity index (χ2v) is 9.64. The Balaban J connectivity index is 0.000000282. The van der Waals surface area contributed by atoms with Crippen molar-refractivity contribution in [1.29, 1.82) is 0 Å². The van der Waals surface area contributed by atoms with Gasteiger partial charge < -0.3 is 30.7 Å². The summed E-state index contributed by atoms with van der Waals surface area (Å²) in [6, 6.07) is 17.0. The molecule has 0 aliphatic rings. The number of hydrogen-bond acceptors (Lipinski definition) is 7. The first kappa shape index (κ1) is 39.4. The van der Waals surface area contributed by atoms with Crippen LogP contribution in [0.5, 0.6) is 11.5 Å². The Kier molecular flexibility index (Phi) is 13.6. The smallest absolute Gasteiger partial charge is 0.416 e. The molecule has 0 spiro atoms. The molecule has 10 nitrogen and oxygen atoms in total. The summed E-state index contributed by atoms with van der Waals surface area (Å²) >= 11 is 5.27. The minimum atomic E-state index is -4.67. The number of anilines is 2. The van der Waals surface area contributed by atoms with Crippen LogP contribution in [0.2, 0.25) is 0 Å². The normalized spacial score (nSPS) is 10.7. The molecule has 0 radical (unpaired) electrons. The van der Waals surface area contributed by atoms with Gasteiger partial charge in [-0.05, 0) is 72.3 Å². The van der Waals surface area contributed by atoms with E-state index in [0.717, 1.165) is 12.1 Å². The number of alkyl halides is 6. The number of nitrogens with two attached hydrogens (primary N) is 1. The molecule has 49 heavy (non-hydrogen) atoms. The molecule has 17 heteroatoms. The fourth-order valence-electron chi connectivity index (χ4n) is 3.77. The summed E-state index contributed by atoms with van der Waals surface area (Å²) in [5.74, 6) is -2.88. The summed E-state index contributed by atoms with van der Waals surface area (Å²) in [5, 5.41) is 19.3. The van der Waals surface area contributed by atoms with Gasteiger partial charge in [-0.1, -0.05) is 24.3 Å². The van der Waals surface area contributed by atoms with Crippen molar-refractivity contribution in [2.45, 2.75) is 12.4 Å². The summed E-state index contributed by atoms with van der Waals surface area (Å²) in [4.78, 5) is 44.6. The van der Waals surface area contributed by atoms with Crippen LogP contribution in [-0.2, 0) is 12.4 Å². The number of benzene rings is 4. The van der Waals surface area contributed by atoms with Gasteiger partial charge in [0.2, 0.25) is 0 Å². The third kappa shape index (κ3) is 11.2. The topological polar surface area (TPSA) is 165 Å². The highest BCUT2D eigenvalue weighted by atomic mass is 35.5. The number of methoxy groups -OCH3 is 2. The molecule has 0 saturated carbocycles. The van der Waals surface area contributed by atoms with Crippen molar-refractivity contribution >= 4 is 46.1 Å². The number of carbonyl (C=O) groups excluding carboxylic acids is 2. The van der Waals surface area contributed by atoms with E-state index in [2.05, 4.69) is 5.32 Å². The van der Waals surface area contributed by atoms with Gasteiger partial charge in [0, 0.05) is 5.69 Å². The lowest BCUT2D eigenvalue weighted by molar-refractivity contribution is -0.138. The summed E-state index contributed by atoms with van der Waals surface area (Å²) in [5.41, 5.74) is 1.94. The number of aromatic carboxylic acids is 2. The minimum Gasteiger partial charge on any atom is -0.496 e. The van der Waals surface area contributed by atoms with Crippen molar-refractivity contribution < 1.29 is 65.2 Å². The van der Waals surface area contributed by atoms with Crippen molar-refractivity contribution in [3.8, 4) is 11.5 Å². The molecule has 0 saturated heterocycles. The lowest BCUT2D eigenvalue weighted by atomic mass is 10.1. The zero-order valence-electron chi connectivity index (χ0n) is 25.1. The summed E-state index contributed by atoms with van der Waals surface area (Å²) in [7, 11) is 2.83. The molecule has 0 aromatic heterocycles. The van der Waals surface area contributed by atoms with Crippen LogP contribution in [-0.4, -0.2) is 47.5 Å². The molecular weight excluding hydrogens is 690 g/mol. The first-order valence-corrected chi connectivity index (χ1v) is 13.6. The fraction of sp³-hybridized carbons (Fsp3) is 0.125. The standard InChI is InChI=1S/C16H12F3NO4.C8H7ClO2.C8H6F3NO2/c1-24-13-5-3-2-4-11(13)14(21)20-12-8-9(16(17,18)19)6-7-10(12)15(22)23;1-11-7-5-3-2-4-6(7)8(9)10;9-8(10,11)4-1-2-5(7(13)14)6(12)3-4/h2-8H,1H3,(H,20,21)(H,22,23);2-5H,1H3;1-3H,12H2,(H,13,14). The molecule has 0 fully saturated rings. The molecule has 0 aliphatic carbocycles. The van der Waals surface area contributed by atoms with Gasteiger partial charge >= 0.3 is 24.3 Å². The van der Waals surface area contributed by atoms with Crippen LogP contribution < -0.4 is 20.5 Å². The zero-order chi connectivity index (χ0) is 37.1. The van der Waals surface area contributed by atoms with E-state index in [-0.39, 0.29) is 16.9 Å². The Bertz CT molecular complexity index is 1830. The van der Waals surface area contributed by atoms with Gasteiger partial charge in [0.05, 0.1) is 53.3 Å². The number of nitrogen functional groups attached to an aromatic ring is 1. The third-order valence-corrected chi connectivity index (χ3v) is 6.31. The molecule has 0 heterocycles. The number of rotatable bonds is 7. The van der Waals surface area contributed by atoms with E-state index in [4.69, 9.17) is 37.0 Å². The molecule has 0 bridgehead atoms. The van der Waals surface area contributed by atoms with Gasteiger partial charge in [-0.2, -0.15) is 26.3 Å². The van der Waals surface area contributed by atoms with Gasteiger partial charge in [0.1, 0.15) is 11.5 Å². The summed E-state index contributed by atoms with van der Waals surface area (Å²) in [6.45, 7) is 0. The van der Waals surface area contributed by atoms with Crippen LogP contribution >= 0.6 is 11.6 Å². The summed E-state index contributed by atoms with van der Waals surface area (Å²) in [6.07, 6.45) is -9.17. The molecule has 0 unspecified atom stereocenters. The van der Waals surface area contributed by atoms with Gasteiger partial charge in [0.15, 0.2) is 0 Å². The van der Waals surface area contributed by atoms with E-state index in [0.29, 0.717) is 35.6 Å². The number of amides is 1. The predicted molar refractivity (Wildman–Crippen MR) is 165 cm³/mol. The van der Waals surface area contributed by atoms with Gasteiger partial charge in [-0.25, -0.2) is 9.59 Å². The second kappa shape index (κ2) is 16.9. The monoisotopic (exact) mass is 714 g/mol.